The normalized spacial score (nSPS) is 16.3. The number of rotatable bonds is 4. The predicted molar refractivity (Wildman–Crippen MR) is 88.9 cm³/mol. The van der Waals surface area contributed by atoms with E-state index in [2.05, 4.69) is 9.55 Å². The molecule has 1 aromatic carbocycles. The zero-order chi connectivity index (χ0) is 17.3. The van der Waals surface area contributed by atoms with Crippen molar-refractivity contribution in [3.63, 3.8) is 0 Å². The minimum Gasteiger partial charge on any atom is -0.366 e. The van der Waals surface area contributed by atoms with Crippen molar-refractivity contribution in [2.24, 2.45) is 0 Å². The van der Waals surface area contributed by atoms with E-state index in [-0.39, 0.29) is 10.6 Å². The Balaban J connectivity index is 1.84. The van der Waals surface area contributed by atoms with E-state index in [0.717, 1.165) is 25.2 Å². The van der Waals surface area contributed by atoms with E-state index in [1.54, 1.807) is 12.5 Å². The fourth-order valence-corrected chi connectivity index (χ4v) is 3.68. The number of hydrogen-bond acceptors (Lipinski definition) is 6. The van der Waals surface area contributed by atoms with E-state index >= 15 is 0 Å². The van der Waals surface area contributed by atoms with Gasteiger partial charge in [0, 0.05) is 43.8 Å². The second kappa shape index (κ2) is 6.23. The number of piperidine rings is 1. The molecule has 8 nitrogen and oxygen atoms in total. The van der Waals surface area contributed by atoms with Crippen LogP contribution < -0.4 is 4.90 Å². The predicted octanol–water partition coefficient (Wildman–Crippen LogP) is 2.04. The summed E-state index contributed by atoms with van der Waals surface area (Å²) in [5, 5.41) is 11.4. The molecule has 0 spiro atoms. The highest BCUT2D eigenvalue weighted by Crippen LogP contribution is 2.34. The van der Waals surface area contributed by atoms with Crippen LogP contribution in [0.25, 0.3) is 0 Å². The molecule has 2 aromatic rings. The minimum absolute atomic E-state index is 0.0359. The fraction of sp³-hybridized carbons (Fsp3) is 0.400. The number of nitrogens with zero attached hydrogens (tertiary/aromatic N) is 4. The van der Waals surface area contributed by atoms with Crippen LogP contribution >= 0.6 is 0 Å². The Morgan fingerprint density at radius 2 is 2.00 bits per heavy atom. The molecule has 0 atom stereocenters. The molecule has 0 N–H and O–H groups in total. The van der Waals surface area contributed by atoms with Gasteiger partial charge in [-0.2, -0.15) is 0 Å². The van der Waals surface area contributed by atoms with Crippen molar-refractivity contribution >= 4 is 21.2 Å². The molecule has 1 fully saturated rings. The van der Waals surface area contributed by atoms with Gasteiger partial charge in [0.25, 0.3) is 5.69 Å². The monoisotopic (exact) mass is 350 g/mol. The zero-order valence-electron chi connectivity index (χ0n) is 13.2. The summed E-state index contributed by atoms with van der Waals surface area (Å²) in [7, 11) is -3.48. The minimum atomic E-state index is -3.48. The summed E-state index contributed by atoms with van der Waals surface area (Å²) < 4.78 is 25.3. The lowest BCUT2D eigenvalue weighted by Gasteiger charge is -2.33. The Bertz CT molecular complexity index is 840. The first-order valence-electron chi connectivity index (χ1n) is 7.57. The molecular formula is C15H18N4O4S. The van der Waals surface area contributed by atoms with Gasteiger partial charge in [-0.3, -0.25) is 10.1 Å². The number of anilines is 1. The molecule has 0 aliphatic carbocycles. The Morgan fingerprint density at radius 1 is 1.29 bits per heavy atom. The number of nitro benzene ring substituents is 1. The number of benzene rings is 1. The molecule has 1 aromatic heterocycles. The lowest BCUT2D eigenvalue weighted by atomic mass is 10.0. The average Bonchev–Trinajstić information content (AvgIpc) is 3.08. The number of imidazole rings is 1. The SMILES string of the molecule is CS(=O)(=O)c1ccc(N2CCC(n3ccnc3)CC2)c([N+](=O)[O-])c1. The Labute approximate surface area is 139 Å². The van der Waals surface area contributed by atoms with Crippen LogP contribution in [0.4, 0.5) is 11.4 Å². The molecule has 1 aliphatic heterocycles. The number of hydrogen-bond donors (Lipinski definition) is 0. The summed E-state index contributed by atoms with van der Waals surface area (Å²) in [5.74, 6) is 0. The lowest BCUT2D eigenvalue weighted by Crippen LogP contribution is -2.34. The third-order valence-electron chi connectivity index (χ3n) is 4.32. The third-order valence-corrected chi connectivity index (χ3v) is 5.43. The topological polar surface area (TPSA) is 98.3 Å². The second-order valence-electron chi connectivity index (χ2n) is 5.91. The highest BCUT2D eigenvalue weighted by molar-refractivity contribution is 7.90. The molecule has 0 amide bonds. The van der Waals surface area contributed by atoms with Crippen LogP contribution in [0.1, 0.15) is 18.9 Å². The second-order valence-corrected chi connectivity index (χ2v) is 7.92. The molecule has 0 saturated carbocycles. The van der Waals surface area contributed by atoms with Gasteiger partial charge >= 0.3 is 0 Å². The standard InChI is InChI=1S/C15H18N4O4S/c1-24(22,23)13-2-3-14(15(10-13)19(20)21)17-7-4-12(5-8-17)18-9-6-16-11-18/h2-3,6,9-12H,4-5,7-8H2,1H3. The van der Waals surface area contributed by atoms with E-state index in [4.69, 9.17) is 0 Å². The van der Waals surface area contributed by atoms with Gasteiger partial charge in [-0.25, -0.2) is 13.4 Å². The molecule has 0 bridgehead atoms. The molecule has 128 valence electrons. The summed E-state index contributed by atoms with van der Waals surface area (Å²) in [5.41, 5.74) is 0.301. The van der Waals surface area contributed by atoms with Crippen molar-refractivity contribution in [3.05, 3.63) is 47.0 Å². The molecular weight excluding hydrogens is 332 g/mol. The highest BCUT2D eigenvalue weighted by Gasteiger charge is 2.26. The van der Waals surface area contributed by atoms with Crippen LogP contribution in [-0.4, -0.2) is 42.2 Å². The van der Waals surface area contributed by atoms with E-state index in [9.17, 15) is 18.5 Å². The summed E-state index contributed by atoms with van der Waals surface area (Å²) in [6.07, 6.45) is 8.18. The molecule has 2 heterocycles. The molecule has 9 heteroatoms. The first-order valence-corrected chi connectivity index (χ1v) is 9.46. The quantitative estimate of drug-likeness (QED) is 0.618. The Morgan fingerprint density at radius 3 is 2.54 bits per heavy atom. The average molecular weight is 350 g/mol. The maximum atomic E-state index is 11.6. The zero-order valence-corrected chi connectivity index (χ0v) is 14.0. The van der Waals surface area contributed by atoms with Crippen LogP contribution in [0, 0.1) is 10.1 Å². The van der Waals surface area contributed by atoms with Gasteiger partial charge in [0.1, 0.15) is 5.69 Å². The largest absolute Gasteiger partial charge is 0.366 e. The van der Waals surface area contributed by atoms with Crippen LogP contribution in [0.3, 0.4) is 0 Å². The van der Waals surface area contributed by atoms with Crippen molar-refractivity contribution in [3.8, 4) is 0 Å². The highest BCUT2D eigenvalue weighted by atomic mass is 32.2. The van der Waals surface area contributed by atoms with Crippen molar-refractivity contribution in [1.82, 2.24) is 9.55 Å². The molecule has 24 heavy (non-hydrogen) atoms. The first-order chi connectivity index (χ1) is 11.4. The lowest BCUT2D eigenvalue weighted by molar-refractivity contribution is -0.384. The molecule has 0 unspecified atom stereocenters. The van der Waals surface area contributed by atoms with E-state index in [1.807, 2.05) is 11.1 Å². The smallest absolute Gasteiger partial charge is 0.293 e. The van der Waals surface area contributed by atoms with Gasteiger partial charge in [0.15, 0.2) is 9.84 Å². The molecule has 3 rings (SSSR count). The molecule has 0 radical (unpaired) electrons. The van der Waals surface area contributed by atoms with Crippen LogP contribution in [0.15, 0.2) is 41.8 Å². The third kappa shape index (κ3) is 3.25. The van der Waals surface area contributed by atoms with Gasteiger partial charge in [0.05, 0.1) is 16.1 Å². The van der Waals surface area contributed by atoms with E-state index in [1.165, 1.54) is 12.1 Å². The van der Waals surface area contributed by atoms with Crippen LogP contribution in [0.2, 0.25) is 0 Å². The van der Waals surface area contributed by atoms with Gasteiger partial charge in [-0.15, -0.1) is 0 Å². The van der Waals surface area contributed by atoms with Gasteiger partial charge in [0.2, 0.25) is 0 Å². The summed E-state index contributed by atoms with van der Waals surface area (Å²) in [4.78, 5) is 16.8. The fourth-order valence-electron chi connectivity index (χ4n) is 3.04. The molecule has 1 saturated heterocycles. The van der Waals surface area contributed by atoms with Crippen LogP contribution in [-0.2, 0) is 9.84 Å². The molecule has 1 aliphatic rings. The summed E-state index contributed by atoms with van der Waals surface area (Å²) >= 11 is 0. The van der Waals surface area contributed by atoms with Crippen molar-refractivity contribution < 1.29 is 13.3 Å². The maximum Gasteiger partial charge on any atom is 0.293 e. The van der Waals surface area contributed by atoms with E-state index in [0.29, 0.717) is 24.8 Å². The van der Waals surface area contributed by atoms with E-state index < -0.39 is 14.8 Å². The van der Waals surface area contributed by atoms with Crippen molar-refractivity contribution in [2.75, 3.05) is 24.2 Å². The number of nitro groups is 1. The first kappa shape index (κ1) is 16.4. The number of sulfone groups is 1. The van der Waals surface area contributed by atoms with Gasteiger partial charge in [-0.05, 0) is 25.0 Å². The van der Waals surface area contributed by atoms with Crippen molar-refractivity contribution in [2.45, 2.75) is 23.8 Å². The number of aromatic nitrogens is 2. The Hall–Kier alpha value is -2.42. The summed E-state index contributed by atoms with van der Waals surface area (Å²) in [6, 6.07) is 4.44. The Kier molecular flexibility index (Phi) is 4.27. The summed E-state index contributed by atoms with van der Waals surface area (Å²) in [6.45, 7) is 1.34. The van der Waals surface area contributed by atoms with Gasteiger partial charge < -0.3 is 9.47 Å². The van der Waals surface area contributed by atoms with Crippen LogP contribution in [0.5, 0.6) is 0 Å². The maximum absolute atomic E-state index is 11.6. The van der Waals surface area contributed by atoms with Gasteiger partial charge in [-0.1, -0.05) is 0 Å². The van der Waals surface area contributed by atoms with Crippen molar-refractivity contribution in [1.29, 1.82) is 0 Å².